The molecule has 0 spiro atoms. The number of imidazole rings is 1. The fourth-order valence-corrected chi connectivity index (χ4v) is 4.19. The quantitative estimate of drug-likeness (QED) is 0.230. The molecular weight excluding hydrogens is 620 g/mol. The van der Waals surface area contributed by atoms with E-state index in [4.69, 9.17) is 9.84 Å². The Kier molecular flexibility index (Phi) is 73.5. The van der Waals surface area contributed by atoms with E-state index in [9.17, 15) is 9.59 Å². The maximum absolute atomic E-state index is 11.7. The standard InChI is InChI=1S/C14H28O2.C9H20O.C8H12N2O.4C2H6.5CH4/c1-7-9-14(6,10-8-2)11-16-12(15)13(3,4)5;1-4-6-9(3,8-10)7-5-2;1-8(2,3)7(11)10-5-4-9-6-10;4*1-2;;;;;/h7-11H2,1-6H3;10H,4-8H2,1-3H3;4-6H,1-3H3;4*1-2H3;5*1H4. The number of aliphatic hydroxyl groups excluding tert-OH is 1. The molecule has 0 radical (unpaired) electrons. The van der Waals surface area contributed by atoms with E-state index in [1.54, 1.807) is 12.4 Å². The second-order valence-electron chi connectivity index (χ2n) is 13.1. The zero-order chi connectivity index (χ0) is 37.3. The van der Waals surface area contributed by atoms with Gasteiger partial charge < -0.3 is 9.84 Å². The molecule has 0 aliphatic rings. The van der Waals surface area contributed by atoms with Crippen LogP contribution in [0.4, 0.5) is 0 Å². The largest absolute Gasteiger partial charge is 0.465 e. The summed E-state index contributed by atoms with van der Waals surface area (Å²) >= 11 is 0. The van der Waals surface area contributed by atoms with Crippen molar-refractivity contribution in [3.8, 4) is 0 Å². The van der Waals surface area contributed by atoms with Crippen molar-refractivity contribution in [3.63, 3.8) is 0 Å². The van der Waals surface area contributed by atoms with Crippen molar-refractivity contribution >= 4 is 11.9 Å². The number of hydrogen-bond acceptors (Lipinski definition) is 5. The Hall–Kier alpha value is -1.69. The number of aliphatic hydroxyl groups is 1. The van der Waals surface area contributed by atoms with Crippen molar-refractivity contribution < 1.29 is 19.4 Å². The molecule has 1 aromatic rings. The summed E-state index contributed by atoms with van der Waals surface area (Å²) < 4.78 is 6.94. The van der Waals surface area contributed by atoms with Gasteiger partial charge in [-0.1, -0.05) is 181 Å². The van der Waals surface area contributed by atoms with Gasteiger partial charge in [0.15, 0.2) is 0 Å². The summed E-state index contributed by atoms with van der Waals surface area (Å²) in [6.07, 6.45) is 14.0. The molecule has 0 aromatic carbocycles. The normalized spacial score (nSPS) is 9.46. The number of esters is 1. The predicted octanol–water partition coefficient (Wildman–Crippen LogP) is 15.6. The number of carbonyl (C=O) groups excluding carboxylic acids is 2. The first-order valence-corrected chi connectivity index (χ1v) is 18.3. The first-order chi connectivity index (χ1) is 20.9. The highest BCUT2D eigenvalue weighted by molar-refractivity contribution is 5.83. The minimum atomic E-state index is -0.390. The summed E-state index contributed by atoms with van der Waals surface area (Å²) in [5.41, 5.74) is -0.367. The molecule has 0 bridgehead atoms. The lowest BCUT2D eigenvalue weighted by atomic mass is 9.82. The monoisotopic (exact) mass is 725 g/mol. The van der Waals surface area contributed by atoms with Crippen LogP contribution in [0.25, 0.3) is 0 Å². The number of nitrogens with zero attached hydrogens (tertiary/aromatic N) is 2. The molecule has 0 aliphatic heterocycles. The topological polar surface area (TPSA) is 81.4 Å². The Morgan fingerprint density at radius 2 is 0.920 bits per heavy atom. The first kappa shape index (κ1) is 77.7. The number of ether oxygens (including phenoxy) is 1. The van der Waals surface area contributed by atoms with E-state index >= 15 is 0 Å². The Morgan fingerprint density at radius 3 is 1.14 bits per heavy atom. The van der Waals surface area contributed by atoms with Gasteiger partial charge in [-0.3, -0.25) is 14.2 Å². The van der Waals surface area contributed by atoms with Crippen LogP contribution in [-0.4, -0.2) is 39.7 Å². The summed E-state index contributed by atoms with van der Waals surface area (Å²) in [5.74, 6) is -0.0269. The van der Waals surface area contributed by atoms with Gasteiger partial charge in [0.2, 0.25) is 5.91 Å². The van der Waals surface area contributed by atoms with Crippen LogP contribution in [0.3, 0.4) is 0 Å². The summed E-state index contributed by atoms with van der Waals surface area (Å²) in [6.45, 7) is 41.3. The predicted molar refractivity (Wildman–Crippen MR) is 235 cm³/mol. The Bertz CT molecular complexity index is 718. The molecule has 0 atom stereocenters. The van der Waals surface area contributed by atoms with Crippen LogP contribution in [0.2, 0.25) is 0 Å². The van der Waals surface area contributed by atoms with Crippen LogP contribution in [-0.2, 0) is 9.53 Å². The van der Waals surface area contributed by atoms with Crippen molar-refractivity contribution in [1.82, 2.24) is 9.55 Å². The number of hydrogen-bond donors (Lipinski definition) is 1. The number of aromatic nitrogens is 2. The molecule has 0 unspecified atom stereocenters. The maximum Gasteiger partial charge on any atom is 0.311 e. The van der Waals surface area contributed by atoms with Gasteiger partial charge in [-0.15, -0.1) is 0 Å². The average Bonchev–Trinajstić information content (AvgIpc) is 3.55. The zero-order valence-corrected chi connectivity index (χ0v) is 34.4. The molecule has 0 amide bonds. The third-order valence-electron chi connectivity index (χ3n) is 6.34. The molecule has 0 fully saturated rings. The highest BCUT2D eigenvalue weighted by Crippen LogP contribution is 2.30. The van der Waals surface area contributed by atoms with Crippen LogP contribution in [0.15, 0.2) is 18.7 Å². The van der Waals surface area contributed by atoms with E-state index in [0.717, 1.165) is 38.5 Å². The summed E-state index contributed by atoms with van der Waals surface area (Å²) in [5, 5.41) is 9.05. The first-order valence-electron chi connectivity index (χ1n) is 18.3. The molecule has 1 N–H and O–H groups in total. The van der Waals surface area contributed by atoms with Crippen LogP contribution in [0.5, 0.6) is 0 Å². The van der Waals surface area contributed by atoms with E-state index in [0.29, 0.717) is 13.2 Å². The lowest BCUT2D eigenvalue weighted by Crippen LogP contribution is -2.30. The summed E-state index contributed by atoms with van der Waals surface area (Å²) in [7, 11) is 0. The van der Waals surface area contributed by atoms with Crippen LogP contribution >= 0.6 is 0 Å². The Balaban J connectivity index is -0.0000000447. The van der Waals surface area contributed by atoms with E-state index < -0.39 is 0 Å². The van der Waals surface area contributed by atoms with Crippen molar-refractivity contribution in [2.75, 3.05) is 13.2 Å². The van der Waals surface area contributed by atoms with Gasteiger partial charge in [-0.2, -0.15) is 0 Å². The molecule has 0 saturated carbocycles. The Labute approximate surface area is 320 Å². The van der Waals surface area contributed by atoms with Crippen LogP contribution in [0, 0.1) is 21.7 Å². The van der Waals surface area contributed by atoms with Gasteiger partial charge in [0.05, 0.1) is 12.0 Å². The molecule has 6 heteroatoms. The summed E-state index contributed by atoms with van der Waals surface area (Å²) in [6, 6.07) is 0. The molecule has 50 heavy (non-hydrogen) atoms. The molecular formula is C44H104N2O4. The van der Waals surface area contributed by atoms with Gasteiger partial charge in [0, 0.05) is 29.8 Å². The SMILES string of the molecule is C.C.C.C.C.CC.CC.CC.CC.CC(C)(C)C(=O)n1ccnc1.CCCC(C)(CCC)COC(=O)C(C)(C)C.CCCC(C)(CO)CCC. The molecule has 314 valence electrons. The van der Waals surface area contributed by atoms with Gasteiger partial charge in [-0.05, 0) is 51.9 Å². The molecule has 1 aromatic heterocycles. The van der Waals surface area contributed by atoms with Crippen molar-refractivity contribution in [3.05, 3.63) is 18.7 Å². The van der Waals surface area contributed by atoms with Crippen LogP contribution in [0.1, 0.15) is 232 Å². The second kappa shape index (κ2) is 47.3. The molecule has 0 saturated heterocycles. The second-order valence-corrected chi connectivity index (χ2v) is 13.1. The smallest absolute Gasteiger partial charge is 0.311 e. The van der Waals surface area contributed by atoms with Crippen molar-refractivity contribution in [2.45, 2.75) is 227 Å². The lowest BCUT2D eigenvalue weighted by molar-refractivity contribution is -0.156. The fraction of sp³-hybridized carbons (Fsp3) is 0.886. The molecule has 1 rings (SSSR count). The van der Waals surface area contributed by atoms with E-state index in [1.807, 2.05) is 96.9 Å². The zero-order valence-electron chi connectivity index (χ0n) is 34.4. The molecule has 6 nitrogen and oxygen atoms in total. The van der Waals surface area contributed by atoms with Crippen molar-refractivity contribution in [1.29, 1.82) is 0 Å². The minimum absolute atomic E-state index is 0. The van der Waals surface area contributed by atoms with Gasteiger partial charge in [-0.25, -0.2) is 4.98 Å². The third-order valence-corrected chi connectivity index (χ3v) is 6.34. The van der Waals surface area contributed by atoms with E-state index in [-0.39, 0.29) is 70.7 Å². The number of carbonyl (C=O) groups is 2. The highest BCUT2D eigenvalue weighted by atomic mass is 16.5. The van der Waals surface area contributed by atoms with E-state index in [2.05, 4.69) is 46.5 Å². The number of rotatable bonds is 11. The van der Waals surface area contributed by atoms with Crippen molar-refractivity contribution in [2.24, 2.45) is 21.7 Å². The minimum Gasteiger partial charge on any atom is -0.465 e. The lowest BCUT2D eigenvalue weighted by Gasteiger charge is -2.29. The van der Waals surface area contributed by atoms with Gasteiger partial charge in [0.25, 0.3) is 0 Å². The molecule has 0 aliphatic carbocycles. The fourth-order valence-electron chi connectivity index (χ4n) is 4.19. The summed E-state index contributed by atoms with van der Waals surface area (Å²) in [4.78, 5) is 26.9. The third kappa shape index (κ3) is 44.3. The van der Waals surface area contributed by atoms with E-state index in [1.165, 1.54) is 23.7 Å². The van der Waals surface area contributed by atoms with Crippen LogP contribution < -0.4 is 0 Å². The highest BCUT2D eigenvalue weighted by Gasteiger charge is 2.28. The molecule has 1 heterocycles. The average molecular weight is 725 g/mol. The van der Waals surface area contributed by atoms with Gasteiger partial charge >= 0.3 is 5.97 Å². The Morgan fingerprint density at radius 1 is 0.600 bits per heavy atom. The van der Waals surface area contributed by atoms with Gasteiger partial charge in [0.1, 0.15) is 6.33 Å². The maximum atomic E-state index is 11.7.